The van der Waals surface area contributed by atoms with Crippen LogP contribution in [0.25, 0.3) is 0 Å². The molecule has 2 heterocycles. The number of pyridine rings is 1. The van der Waals surface area contributed by atoms with Crippen molar-refractivity contribution >= 4 is 30.7 Å². The number of carbonyl (C=O) groups excluding carboxylic acids is 1. The van der Waals surface area contributed by atoms with E-state index in [4.69, 9.17) is 15.2 Å². The Hall–Kier alpha value is -1.93. The quantitative estimate of drug-likeness (QED) is 0.732. The highest BCUT2D eigenvalue weighted by Crippen LogP contribution is 2.29. The average Bonchev–Trinajstić information content (AvgIpc) is 2.68. The summed E-state index contributed by atoms with van der Waals surface area (Å²) < 4.78 is 24.0. The number of hydrogen-bond acceptors (Lipinski definition) is 5. The minimum atomic E-state index is -0.549. The van der Waals surface area contributed by atoms with Gasteiger partial charge in [0.1, 0.15) is 11.6 Å². The maximum Gasteiger partial charge on any atom is 0.227 e. The van der Waals surface area contributed by atoms with Crippen LogP contribution in [0.5, 0.6) is 11.6 Å². The van der Waals surface area contributed by atoms with E-state index in [0.717, 1.165) is 5.56 Å². The monoisotopic (exact) mass is 431 g/mol. The van der Waals surface area contributed by atoms with Crippen molar-refractivity contribution < 1.29 is 18.7 Å². The minimum Gasteiger partial charge on any atom is -0.439 e. The highest BCUT2D eigenvalue weighted by molar-refractivity contribution is 5.85. The number of rotatable bonds is 6. The zero-order chi connectivity index (χ0) is 18.4. The molecule has 3 N–H and O–H groups in total. The summed E-state index contributed by atoms with van der Waals surface area (Å²) in [6, 6.07) is 9.34. The molecule has 9 heteroatoms. The summed E-state index contributed by atoms with van der Waals surface area (Å²) in [5, 5.41) is 2.93. The van der Waals surface area contributed by atoms with Crippen LogP contribution in [0.2, 0.25) is 0 Å². The van der Waals surface area contributed by atoms with Crippen LogP contribution in [-0.2, 0) is 16.1 Å². The topological polar surface area (TPSA) is 86.5 Å². The molecule has 3 rings (SSSR count). The summed E-state index contributed by atoms with van der Waals surface area (Å²) in [5.41, 5.74) is 6.13. The number of benzene rings is 1. The highest BCUT2D eigenvalue weighted by Gasteiger charge is 2.38. The number of aromatic nitrogens is 1. The van der Waals surface area contributed by atoms with Gasteiger partial charge >= 0.3 is 0 Å². The second kappa shape index (κ2) is 11.2. The highest BCUT2D eigenvalue weighted by atomic mass is 35.5. The molecule has 0 spiro atoms. The van der Waals surface area contributed by atoms with Crippen LogP contribution < -0.4 is 15.8 Å². The molecular formula is C19H24Cl2FN3O3. The zero-order valence-corrected chi connectivity index (χ0v) is 16.9. The van der Waals surface area contributed by atoms with E-state index < -0.39 is 5.41 Å². The van der Waals surface area contributed by atoms with Crippen molar-refractivity contribution in [2.75, 3.05) is 19.8 Å². The van der Waals surface area contributed by atoms with Gasteiger partial charge in [0.25, 0.3) is 0 Å². The van der Waals surface area contributed by atoms with Crippen LogP contribution in [0.1, 0.15) is 18.4 Å². The molecule has 6 nitrogen and oxygen atoms in total. The van der Waals surface area contributed by atoms with Gasteiger partial charge in [-0.1, -0.05) is 12.1 Å². The summed E-state index contributed by atoms with van der Waals surface area (Å²) in [7, 11) is 0. The van der Waals surface area contributed by atoms with Gasteiger partial charge in [-0.3, -0.25) is 4.79 Å². The standard InChI is InChI=1S/C19H22FN3O3.2ClH/c20-15-2-1-3-16(10-15)26-17-5-4-14(11-22-17)12-23-18(24)19(13-21)6-8-25-9-7-19;;/h1-5,10-11H,6-9,12-13,21H2,(H,23,24);2*1H. The Morgan fingerprint density at radius 1 is 1.25 bits per heavy atom. The molecule has 1 fully saturated rings. The van der Waals surface area contributed by atoms with Gasteiger partial charge in [-0.05, 0) is 30.5 Å². The molecule has 0 saturated carbocycles. The molecule has 1 aliphatic rings. The Morgan fingerprint density at radius 3 is 2.61 bits per heavy atom. The molecule has 0 unspecified atom stereocenters. The Bertz CT molecular complexity index is 756. The van der Waals surface area contributed by atoms with Crippen LogP contribution in [0.3, 0.4) is 0 Å². The number of hydrogen-bond donors (Lipinski definition) is 2. The van der Waals surface area contributed by atoms with E-state index in [1.165, 1.54) is 12.1 Å². The van der Waals surface area contributed by atoms with E-state index in [0.29, 0.717) is 50.8 Å². The van der Waals surface area contributed by atoms with Crippen molar-refractivity contribution in [1.82, 2.24) is 10.3 Å². The van der Waals surface area contributed by atoms with Crippen molar-refractivity contribution in [1.29, 1.82) is 0 Å². The third kappa shape index (κ3) is 6.04. The molecule has 0 aliphatic carbocycles. The summed E-state index contributed by atoms with van der Waals surface area (Å²) in [6.45, 7) is 1.77. The van der Waals surface area contributed by atoms with E-state index in [1.54, 1.807) is 30.5 Å². The average molecular weight is 432 g/mol. The Kier molecular flexibility index (Phi) is 9.61. The van der Waals surface area contributed by atoms with E-state index in [1.807, 2.05) is 0 Å². The fraction of sp³-hybridized carbons (Fsp3) is 0.368. The molecule has 1 aliphatic heterocycles. The molecule has 0 bridgehead atoms. The van der Waals surface area contributed by atoms with Gasteiger partial charge in [-0.2, -0.15) is 0 Å². The molecule has 154 valence electrons. The second-order valence-electron chi connectivity index (χ2n) is 6.34. The molecule has 1 amide bonds. The van der Waals surface area contributed by atoms with Crippen LogP contribution in [0.15, 0.2) is 42.6 Å². The van der Waals surface area contributed by atoms with Crippen molar-refractivity contribution in [3.8, 4) is 11.6 Å². The molecule has 2 aromatic rings. The SMILES string of the molecule is Cl.Cl.NCC1(C(=O)NCc2ccc(Oc3cccc(F)c3)nc2)CCOCC1. The number of carbonyl (C=O) groups is 1. The molecule has 0 radical (unpaired) electrons. The fourth-order valence-corrected chi connectivity index (χ4v) is 2.88. The molecule has 1 aromatic heterocycles. The number of nitrogens with two attached hydrogens (primary N) is 1. The largest absolute Gasteiger partial charge is 0.439 e. The van der Waals surface area contributed by atoms with Crippen LogP contribution in [0, 0.1) is 11.2 Å². The summed E-state index contributed by atoms with van der Waals surface area (Å²) in [6.07, 6.45) is 2.88. The summed E-state index contributed by atoms with van der Waals surface area (Å²) in [5.74, 6) is 0.309. The first-order valence-corrected chi connectivity index (χ1v) is 8.56. The van der Waals surface area contributed by atoms with E-state index in [9.17, 15) is 9.18 Å². The first-order valence-electron chi connectivity index (χ1n) is 8.56. The number of halogens is 3. The van der Waals surface area contributed by atoms with Crippen LogP contribution in [0.4, 0.5) is 4.39 Å². The Morgan fingerprint density at radius 2 is 2.00 bits per heavy atom. The lowest BCUT2D eigenvalue weighted by atomic mass is 9.79. The van der Waals surface area contributed by atoms with Gasteiger partial charge in [0.2, 0.25) is 11.8 Å². The molecule has 28 heavy (non-hydrogen) atoms. The molecule has 1 saturated heterocycles. The number of amides is 1. The van der Waals surface area contributed by atoms with Gasteiger partial charge in [0, 0.05) is 44.6 Å². The summed E-state index contributed by atoms with van der Waals surface area (Å²) >= 11 is 0. The minimum absolute atomic E-state index is 0. The third-order valence-electron chi connectivity index (χ3n) is 4.59. The van der Waals surface area contributed by atoms with Crippen molar-refractivity contribution in [3.63, 3.8) is 0 Å². The molecule has 0 atom stereocenters. The van der Waals surface area contributed by atoms with E-state index in [-0.39, 0.29) is 36.5 Å². The van der Waals surface area contributed by atoms with Crippen molar-refractivity contribution in [2.24, 2.45) is 11.1 Å². The van der Waals surface area contributed by atoms with Crippen LogP contribution in [-0.4, -0.2) is 30.6 Å². The maximum atomic E-state index is 13.2. The van der Waals surface area contributed by atoms with Crippen LogP contribution >= 0.6 is 24.8 Å². The lowest BCUT2D eigenvalue weighted by Crippen LogP contribution is -2.48. The van der Waals surface area contributed by atoms with Gasteiger partial charge in [-0.15, -0.1) is 24.8 Å². The third-order valence-corrected chi connectivity index (χ3v) is 4.59. The zero-order valence-electron chi connectivity index (χ0n) is 15.2. The Balaban J connectivity index is 0.00000196. The van der Waals surface area contributed by atoms with Gasteiger partial charge in [0.15, 0.2) is 0 Å². The van der Waals surface area contributed by atoms with Gasteiger partial charge < -0.3 is 20.5 Å². The first kappa shape index (κ1) is 24.1. The Labute approximate surface area is 175 Å². The smallest absolute Gasteiger partial charge is 0.227 e. The number of ether oxygens (including phenoxy) is 2. The van der Waals surface area contributed by atoms with Crippen molar-refractivity contribution in [2.45, 2.75) is 19.4 Å². The van der Waals surface area contributed by atoms with Gasteiger partial charge in [-0.25, -0.2) is 9.37 Å². The summed E-state index contributed by atoms with van der Waals surface area (Å²) in [4.78, 5) is 16.7. The predicted octanol–water partition coefficient (Wildman–Crippen LogP) is 3.23. The predicted molar refractivity (Wildman–Crippen MR) is 109 cm³/mol. The molecule has 1 aromatic carbocycles. The van der Waals surface area contributed by atoms with Gasteiger partial charge in [0.05, 0.1) is 5.41 Å². The first-order chi connectivity index (χ1) is 12.6. The number of nitrogens with zero attached hydrogens (tertiary/aromatic N) is 1. The number of nitrogens with one attached hydrogen (secondary N) is 1. The lowest BCUT2D eigenvalue weighted by Gasteiger charge is -2.34. The normalized spacial score (nSPS) is 14.9. The van der Waals surface area contributed by atoms with E-state index >= 15 is 0 Å². The lowest BCUT2D eigenvalue weighted by molar-refractivity contribution is -0.136. The molecular weight excluding hydrogens is 408 g/mol. The van der Waals surface area contributed by atoms with Crippen molar-refractivity contribution in [3.05, 3.63) is 54.0 Å². The fourth-order valence-electron chi connectivity index (χ4n) is 2.88. The van der Waals surface area contributed by atoms with E-state index in [2.05, 4.69) is 10.3 Å². The maximum absolute atomic E-state index is 13.2. The second-order valence-corrected chi connectivity index (χ2v) is 6.34.